The van der Waals surface area contributed by atoms with Crippen LogP contribution in [0, 0.1) is 5.92 Å². The molecule has 84 valence electrons. The van der Waals surface area contributed by atoms with Crippen LogP contribution in [-0.2, 0) is 0 Å². The van der Waals surface area contributed by atoms with E-state index in [0.29, 0.717) is 11.7 Å². The minimum Gasteiger partial charge on any atom is -0.504 e. The van der Waals surface area contributed by atoms with Crippen molar-refractivity contribution >= 4 is 0 Å². The molecule has 0 amide bonds. The number of hydrogen-bond donors (Lipinski definition) is 2. The average Bonchev–Trinajstić information content (AvgIpc) is 2.17. The first-order chi connectivity index (χ1) is 7.04. The van der Waals surface area contributed by atoms with Crippen LogP contribution in [0.25, 0.3) is 0 Å². The van der Waals surface area contributed by atoms with Gasteiger partial charge in [-0.1, -0.05) is 19.9 Å². The first-order valence-corrected chi connectivity index (χ1v) is 5.17. The molecule has 0 heterocycles. The number of phenols is 1. The Morgan fingerprint density at radius 1 is 1.40 bits per heavy atom. The predicted molar refractivity (Wildman–Crippen MR) is 61.0 cm³/mol. The molecule has 0 saturated carbocycles. The zero-order valence-electron chi connectivity index (χ0n) is 9.53. The second-order valence-corrected chi connectivity index (χ2v) is 4.17. The zero-order valence-corrected chi connectivity index (χ0v) is 9.53. The van der Waals surface area contributed by atoms with Crippen molar-refractivity contribution in [2.75, 3.05) is 7.11 Å². The normalized spacial score (nSPS) is 12.9. The Balaban J connectivity index is 2.85. The number of nitrogens with two attached hydrogens (primary N) is 1. The van der Waals surface area contributed by atoms with E-state index in [2.05, 4.69) is 13.8 Å². The number of methoxy groups -OCH3 is 1. The summed E-state index contributed by atoms with van der Waals surface area (Å²) in [6.07, 6.45) is 0.925. The number of phenolic OH excluding ortho intramolecular Hbond substituents is 1. The van der Waals surface area contributed by atoms with Crippen LogP contribution >= 0.6 is 0 Å². The number of hydrogen-bond acceptors (Lipinski definition) is 3. The summed E-state index contributed by atoms with van der Waals surface area (Å²) in [6, 6.07) is 5.25. The van der Waals surface area contributed by atoms with E-state index >= 15 is 0 Å². The molecular weight excluding hydrogens is 190 g/mol. The fourth-order valence-electron chi connectivity index (χ4n) is 1.57. The van der Waals surface area contributed by atoms with Crippen molar-refractivity contribution in [2.24, 2.45) is 11.7 Å². The van der Waals surface area contributed by atoms with Crippen LogP contribution in [0.4, 0.5) is 0 Å². The van der Waals surface area contributed by atoms with E-state index in [1.165, 1.54) is 7.11 Å². The van der Waals surface area contributed by atoms with Gasteiger partial charge in [0.15, 0.2) is 11.5 Å². The van der Waals surface area contributed by atoms with Gasteiger partial charge in [0.2, 0.25) is 0 Å². The van der Waals surface area contributed by atoms with Crippen molar-refractivity contribution in [1.82, 2.24) is 0 Å². The van der Waals surface area contributed by atoms with Crippen LogP contribution in [0.5, 0.6) is 11.5 Å². The monoisotopic (exact) mass is 209 g/mol. The SMILES string of the molecule is COc1cc(C(N)CC(C)C)ccc1O. The van der Waals surface area contributed by atoms with Crippen LogP contribution < -0.4 is 10.5 Å². The quantitative estimate of drug-likeness (QED) is 0.800. The first-order valence-electron chi connectivity index (χ1n) is 5.17. The lowest BCUT2D eigenvalue weighted by atomic mass is 9.97. The second kappa shape index (κ2) is 5.03. The lowest BCUT2D eigenvalue weighted by Gasteiger charge is -2.15. The van der Waals surface area contributed by atoms with Gasteiger partial charge in [0, 0.05) is 6.04 Å². The molecule has 3 nitrogen and oxygen atoms in total. The molecule has 1 rings (SSSR count). The summed E-state index contributed by atoms with van der Waals surface area (Å²) >= 11 is 0. The highest BCUT2D eigenvalue weighted by atomic mass is 16.5. The van der Waals surface area contributed by atoms with Gasteiger partial charge in [-0.3, -0.25) is 0 Å². The van der Waals surface area contributed by atoms with Gasteiger partial charge in [-0.05, 0) is 30.0 Å². The van der Waals surface area contributed by atoms with Crippen molar-refractivity contribution < 1.29 is 9.84 Å². The highest BCUT2D eigenvalue weighted by Crippen LogP contribution is 2.29. The molecule has 0 spiro atoms. The van der Waals surface area contributed by atoms with Gasteiger partial charge < -0.3 is 15.6 Å². The summed E-state index contributed by atoms with van der Waals surface area (Å²) in [6.45, 7) is 4.27. The Morgan fingerprint density at radius 3 is 2.60 bits per heavy atom. The molecule has 1 atom stereocenters. The molecule has 0 fully saturated rings. The number of benzene rings is 1. The molecule has 1 aromatic carbocycles. The largest absolute Gasteiger partial charge is 0.504 e. The summed E-state index contributed by atoms with van der Waals surface area (Å²) in [7, 11) is 1.53. The molecule has 3 heteroatoms. The lowest BCUT2D eigenvalue weighted by molar-refractivity contribution is 0.372. The molecule has 0 aliphatic heterocycles. The third kappa shape index (κ3) is 3.13. The average molecular weight is 209 g/mol. The molecule has 1 aromatic rings. The minimum atomic E-state index is -0.000463. The van der Waals surface area contributed by atoms with Gasteiger partial charge in [-0.25, -0.2) is 0 Å². The smallest absolute Gasteiger partial charge is 0.160 e. The van der Waals surface area contributed by atoms with E-state index in [9.17, 15) is 5.11 Å². The minimum absolute atomic E-state index is 0.000463. The van der Waals surface area contributed by atoms with Crippen LogP contribution in [0.15, 0.2) is 18.2 Å². The molecular formula is C12H19NO2. The predicted octanol–water partition coefficient (Wildman–Crippen LogP) is 2.45. The maximum atomic E-state index is 9.43. The molecule has 3 N–H and O–H groups in total. The van der Waals surface area contributed by atoms with Crippen molar-refractivity contribution in [3.05, 3.63) is 23.8 Å². The van der Waals surface area contributed by atoms with Gasteiger partial charge in [0.1, 0.15) is 0 Å². The van der Waals surface area contributed by atoms with Gasteiger partial charge in [0.05, 0.1) is 7.11 Å². The molecule has 0 aliphatic rings. The number of aromatic hydroxyl groups is 1. The van der Waals surface area contributed by atoms with Crippen molar-refractivity contribution in [3.8, 4) is 11.5 Å². The summed E-state index contributed by atoms with van der Waals surface area (Å²) in [5, 5.41) is 9.43. The van der Waals surface area contributed by atoms with Gasteiger partial charge in [-0.15, -0.1) is 0 Å². The third-order valence-electron chi connectivity index (χ3n) is 2.36. The molecule has 0 bridgehead atoms. The summed E-state index contributed by atoms with van der Waals surface area (Å²) in [5.41, 5.74) is 7.03. The van der Waals surface area contributed by atoms with E-state index < -0.39 is 0 Å². The van der Waals surface area contributed by atoms with Crippen LogP contribution in [-0.4, -0.2) is 12.2 Å². The van der Waals surface area contributed by atoms with Crippen molar-refractivity contribution in [3.63, 3.8) is 0 Å². The molecule has 0 radical (unpaired) electrons. The molecule has 0 saturated heterocycles. The molecule has 15 heavy (non-hydrogen) atoms. The van der Waals surface area contributed by atoms with Crippen molar-refractivity contribution in [2.45, 2.75) is 26.3 Å². The van der Waals surface area contributed by atoms with Gasteiger partial charge >= 0.3 is 0 Å². The second-order valence-electron chi connectivity index (χ2n) is 4.17. The van der Waals surface area contributed by atoms with E-state index in [0.717, 1.165) is 12.0 Å². The van der Waals surface area contributed by atoms with E-state index in [1.807, 2.05) is 6.07 Å². The van der Waals surface area contributed by atoms with Crippen molar-refractivity contribution in [1.29, 1.82) is 0 Å². The number of rotatable bonds is 4. The fraction of sp³-hybridized carbons (Fsp3) is 0.500. The summed E-state index contributed by atoms with van der Waals surface area (Å²) < 4.78 is 5.04. The summed E-state index contributed by atoms with van der Waals surface area (Å²) in [4.78, 5) is 0. The fourth-order valence-corrected chi connectivity index (χ4v) is 1.57. The highest BCUT2D eigenvalue weighted by Gasteiger charge is 2.10. The first kappa shape index (κ1) is 11.9. The summed E-state index contributed by atoms with van der Waals surface area (Å²) in [5.74, 6) is 1.18. The van der Waals surface area contributed by atoms with E-state index in [4.69, 9.17) is 10.5 Å². The maximum absolute atomic E-state index is 9.43. The molecule has 0 aliphatic carbocycles. The van der Waals surface area contributed by atoms with Crippen LogP contribution in [0.2, 0.25) is 0 Å². The standard InChI is InChI=1S/C12H19NO2/c1-8(2)6-10(13)9-4-5-11(14)12(7-9)15-3/h4-5,7-8,10,14H,6,13H2,1-3H3. The Bertz CT molecular complexity index is 323. The Hall–Kier alpha value is -1.22. The van der Waals surface area contributed by atoms with E-state index in [-0.39, 0.29) is 11.8 Å². The Labute approximate surface area is 90.9 Å². The van der Waals surface area contributed by atoms with Crippen LogP contribution in [0.3, 0.4) is 0 Å². The van der Waals surface area contributed by atoms with E-state index in [1.54, 1.807) is 12.1 Å². The number of ether oxygens (including phenoxy) is 1. The lowest BCUT2D eigenvalue weighted by Crippen LogP contribution is -2.12. The Morgan fingerprint density at radius 2 is 2.07 bits per heavy atom. The van der Waals surface area contributed by atoms with Gasteiger partial charge in [0.25, 0.3) is 0 Å². The Kier molecular flexibility index (Phi) is 3.97. The molecule has 1 unspecified atom stereocenters. The van der Waals surface area contributed by atoms with Gasteiger partial charge in [-0.2, -0.15) is 0 Å². The third-order valence-corrected chi connectivity index (χ3v) is 2.36. The molecule has 0 aromatic heterocycles. The zero-order chi connectivity index (χ0) is 11.4. The van der Waals surface area contributed by atoms with Crippen LogP contribution in [0.1, 0.15) is 31.9 Å². The highest BCUT2D eigenvalue weighted by molar-refractivity contribution is 5.42. The topological polar surface area (TPSA) is 55.5 Å². The maximum Gasteiger partial charge on any atom is 0.160 e.